The molecule has 1 aromatic carbocycles. The van der Waals surface area contributed by atoms with E-state index >= 15 is 0 Å². The Kier molecular flexibility index (Phi) is 3.46. The predicted molar refractivity (Wildman–Crippen MR) is 80.6 cm³/mol. The fourth-order valence-electron chi connectivity index (χ4n) is 2.24. The Balaban J connectivity index is 1.83. The third-order valence-corrected chi connectivity index (χ3v) is 4.19. The van der Waals surface area contributed by atoms with Crippen molar-refractivity contribution in [3.8, 4) is 5.69 Å². The summed E-state index contributed by atoms with van der Waals surface area (Å²) >= 11 is 3.67. The molecule has 3 rings (SSSR count). The van der Waals surface area contributed by atoms with E-state index in [9.17, 15) is 0 Å². The van der Waals surface area contributed by atoms with Crippen LogP contribution in [0.2, 0.25) is 0 Å². The summed E-state index contributed by atoms with van der Waals surface area (Å²) in [5.74, 6) is 0. The van der Waals surface area contributed by atoms with E-state index in [-0.39, 0.29) is 0 Å². The van der Waals surface area contributed by atoms with Crippen molar-refractivity contribution in [3.05, 3.63) is 45.7 Å². The maximum absolute atomic E-state index is 4.52. The van der Waals surface area contributed by atoms with Crippen LogP contribution in [0.15, 0.2) is 28.7 Å². The van der Waals surface area contributed by atoms with E-state index in [4.69, 9.17) is 0 Å². The smallest absolute Gasteiger partial charge is 0.0660 e. The fraction of sp³-hybridized carbons (Fsp3) is 0.400. The fourth-order valence-corrected chi connectivity index (χ4v) is 2.75. The van der Waals surface area contributed by atoms with Gasteiger partial charge in [0, 0.05) is 22.8 Å². The second-order valence-electron chi connectivity index (χ2n) is 5.27. The standard InChI is InChI=1S/C15H18BrN3/c1-10-7-11(2)19(18-10)14-6-3-12(15(16)8-14)9-17-13-4-5-13/h3,6-8,13,17H,4-5,9H2,1-2H3. The lowest BCUT2D eigenvalue weighted by atomic mass is 10.2. The highest BCUT2D eigenvalue weighted by atomic mass is 79.9. The summed E-state index contributed by atoms with van der Waals surface area (Å²) in [5, 5.41) is 8.05. The van der Waals surface area contributed by atoms with Gasteiger partial charge in [0.2, 0.25) is 0 Å². The molecule has 0 amide bonds. The lowest BCUT2D eigenvalue weighted by Crippen LogP contribution is -2.15. The third-order valence-electron chi connectivity index (χ3n) is 3.45. The van der Waals surface area contributed by atoms with Gasteiger partial charge in [-0.3, -0.25) is 0 Å². The highest BCUT2D eigenvalue weighted by Gasteiger charge is 2.20. The maximum atomic E-state index is 4.52. The minimum absolute atomic E-state index is 0.739. The molecule has 2 aromatic rings. The Morgan fingerprint density at radius 1 is 1.32 bits per heavy atom. The van der Waals surface area contributed by atoms with Gasteiger partial charge in [-0.2, -0.15) is 5.10 Å². The first kappa shape index (κ1) is 12.9. The van der Waals surface area contributed by atoms with Gasteiger partial charge in [-0.05, 0) is 50.5 Å². The van der Waals surface area contributed by atoms with Crippen LogP contribution >= 0.6 is 15.9 Å². The van der Waals surface area contributed by atoms with Gasteiger partial charge in [0.15, 0.2) is 0 Å². The molecule has 1 heterocycles. The van der Waals surface area contributed by atoms with E-state index in [2.05, 4.69) is 57.5 Å². The molecule has 1 N–H and O–H groups in total. The van der Waals surface area contributed by atoms with Crippen molar-refractivity contribution in [3.63, 3.8) is 0 Å². The largest absolute Gasteiger partial charge is 0.310 e. The molecule has 1 aliphatic carbocycles. The van der Waals surface area contributed by atoms with Crippen molar-refractivity contribution >= 4 is 15.9 Å². The zero-order valence-electron chi connectivity index (χ0n) is 11.3. The molecule has 1 aliphatic rings. The van der Waals surface area contributed by atoms with Gasteiger partial charge >= 0.3 is 0 Å². The van der Waals surface area contributed by atoms with Crippen molar-refractivity contribution in [2.45, 2.75) is 39.3 Å². The van der Waals surface area contributed by atoms with E-state index in [0.717, 1.165) is 34.1 Å². The number of aryl methyl sites for hydroxylation is 2. The third kappa shape index (κ3) is 2.90. The average molecular weight is 320 g/mol. The van der Waals surface area contributed by atoms with Crippen LogP contribution in [0, 0.1) is 13.8 Å². The van der Waals surface area contributed by atoms with E-state index in [1.54, 1.807) is 0 Å². The number of nitrogens with one attached hydrogen (secondary N) is 1. The van der Waals surface area contributed by atoms with E-state index in [1.807, 2.05) is 11.6 Å². The first-order chi connectivity index (χ1) is 9.13. The molecule has 0 radical (unpaired) electrons. The van der Waals surface area contributed by atoms with Crippen molar-refractivity contribution in [2.75, 3.05) is 0 Å². The average Bonchev–Trinajstić information content (AvgIpc) is 3.12. The van der Waals surface area contributed by atoms with E-state index in [0.29, 0.717) is 0 Å². The topological polar surface area (TPSA) is 29.9 Å². The molecular weight excluding hydrogens is 302 g/mol. The van der Waals surface area contributed by atoms with Crippen LogP contribution in [-0.4, -0.2) is 15.8 Å². The summed E-state index contributed by atoms with van der Waals surface area (Å²) in [7, 11) is 0. The molecule has 3 nitrogen and oxygen atoms in total. The van der Waals surface area contributed by atoms with Crippen molar-refractivity contribution in [1.29, 1.82) is 0 Å². The molecule has 1 fully saturated rings. The van der Waals surface area contributed by atoms with Crippen molar-refractivity contribution < 1.29 is 0 Å². The first-order valence-corrected chi connectivity index (χ1v) is 7.48. The Morgan fingerprint density at radius 3 is 2.68 bits per heavy atom. The van der Waals surface area contributed by atoms with Gasteiger partial charge in [-0.15, -0.1) is 0 Å². The van der Waals surface area contributed by atoms with Crippen LogP contribution in [0.5, 0.6) is 0 Å². The van der Waals surface area contributed by atoms with Gasteiger partial charge in [0.1, 0.15) is 0 Å². The summed E-state index contributed by atoms with van der Waals surface area (Å²) in [6.07, 6.45) is 2.64. The summed E-state index contributed by atoms with van der Waals surface area (Å²) < 4.78 is 3.13. The van der Waals surface area contributed by atoms with Crippen LogP contribution in [0.25, 0.3) is 5.69 Å². The predicted octanol–water partition coefficient (Wildman–Crippen LogP) is 3.50. The van der Waals surface area contributed by atoms with Crippen molar-refractivity contribution in [2.24, 2.45) is 0 Å². The normalized spacial score (nSPS) is 14.9. The molecule has 0 aliphatic heterocycles. The molecule has 19 heavy (non-hydrogen) atoms. The number of hydrogen-bond donors (Lipinski definition) is 1. The number of hydrogen-bond acceptors (Lipinski definition) is 2. The second kappa shape index (κ2) is 5.10. The number of aromatic nitrogens is 2. The van der Waals surface area contributed by atoms with Crippen LogP contribution in [0.4, 0.5) is 0 Å². The molecule has 0 unspecified atom stereocenters. The number of rotatable bonds is 4. The lowest BCUT2D eigenvalue weighted by molar-refractivity contribution is 0.685. The SMILES string of the molecule is Cc1cc(C)n(-c2ccc(CNC3CC3)c(Br)c2)n1. The molecule has 0 spiro atoms. The highest BCUT2D eigenvalue weighted by Crippen LogP contribution is 2.24. The summed E-state index contributed by atoms with van der Waals surface area (Å²) in [5.41, 5.74) is 4.62. The van der Waals surface area contributed by atoms with E-state index in [1.165, 1.54) is 18.4 Å². The molecule has 0 saturated heterocycles. The molecule has 1 saturated carbocycles. The van der Waals surface area contributed by atoms with Gasteiger partial charge in [-0.1, -0.05) is 22.0 Å². The Bertz CT molecular complexity index is 599. The molecule has 4 heteroatoms. The quantitative estimate of drug-likeness (QED) is 0.934. The number of nitrogens with zero attached hydrogens (tertiary/aromatic N) is 2. The number of halogens is 1. The monoisotopic (exact) mass is 319 g/mol. The van der Waals surface area contributed by atoms with Crippen molar-refractivity contribution in [1.82, 2.24) is 15.1 Å². The van der Waals surface area contributed by atoms with Gasteiger partial charge in [0.05, 0.1) is 11.4 Å². The minimum atomic E-state index is 0.739. The molecule has 0 bridgehead atoms. The zero-order valence-corrected chi connectivity index (χ0v) is 12.9. The molecular formula is C15H18BrN3. The molecule has 100 valence electrons. The maximum Gasteiger partial charge on any atom is 0.0660 e. The Morgan fingerprint density at radius 2 is 2.11 bits per heavy atom. The first-order valence-electron chi connectivity index (χ1n) is 6.69. The molecule has 1 aromatic heterocycles. The van der Waals surface area contributed by atoms with Gasteiger partial charge < -0.3 is 5.32 Å². The lowest BCUT2D eigenvalue weighted by Gasteiger charge is -2.09. The van der Waals surface area contributed by atoms with Gasteiger partial charge in [-0.25, -0.2) is 4.68 Å². The Labute approximate surface area is 122 Å². The summed E-state index contributed by atoms with van der Waals surface area (Å²) in [4.78, 5) is 0. The minimum Gasteiger partial charge on any atom is -0.310 e. The van der Waals surface area contributed by atoms with Crippen LogP contribution in [0.3, 0.4) is 0 Å². The number of benzene rings is 1. The van der Waals surface area contributed by atoms with Gasteiger partial charge in [0.25, 0.3) is 0 Å². The van der Waals surface area contributed by atoms with E-state index < -0.39 is 0 Å². The highest BCUT2D eigenvalue weighted by molar-refractivity contribution is 9.10. The second-order valence-corrected chi connectivity index (χ2v) is 6.12. The van der Waals surface area contributed by atoms with Crippen LogP contribution < -0.4 is 5.32 Å². The zero-order chi connectivity index (χ0) is 13.4. The Hall–Kier alpha value is -1.13. The van der Waals surface area contributed by atoms with Crippen LogP contribution in [-0.2, 0) is 6.54 Å². The summed E-state index contributed by atoms with van der Waals surface area (Å²) in [6.45, 7) is 5.03. The van der Waals surface area contributed by atoms with Crippen LogP contribution in [0.1, 0.15) is 29.8 Å². The summed E-state index contributed by atoms with van der Waals surface area (Å²) in [6, 6.07) is 9.28. The molecule has 0 atom stereocenters.